The van der Waals surface area contributed by atoms with Gasteiger partial charge in [-0.05, 0) is 58.4 Å². The molecule has 0 atom stereocenters. The summed E-state index contributed by atoms with van der Waals surface area (Å²) < 4.78 is 0.888. The highest BCUT2D eigenvalue weighted by atomic mass is 79.9. The molecule has 1 aromatic heterocycles. The van der Waals surface area contributed by atoms with Gasteiger partial charge in [-0.15, -0.1) is 11.3 Å². The van der Waals surface area contributed by atoms with Crippen LogP contribution in [0.1, 0.15) is 23.3 Å². The summed E-state index contributed by atoms with van der Waals surface area (Å²) in [5.41, 5.74) is 7.51. The molecule has 3 N–H and O–H groups in total. The fourth-order valence-electron chi connectivity index (χ4n) is 2.29. The highest BCUT2D eigenvalue weighted by Crippen LogP contribution is 2.35. The van der Waals surface area contributed by atoms with E-state index in [1.807, 2.05) is 6.07 Å². The second kappa shape index (κ2) is 5.58. The van der Waals surface area contributed by atoms with E-state index in [2.05, 4.69) is 50.5 Å². The number of rotatable bonds is 5. The van der Waals surface area contributed by atoms with Crippen LogP contribution < -0.4 is 10.6 Å². The molecule has 0 spiro atoms. The number of amidine groups is 1. The lowest BCUT2D eigenvalue weighted by atomic mass is 10.1. The largest absolute Gasteiger partial charge is 0.384 e. The first-order valence-corrected chi connectivity index (χ1v) is 8.25. The minimum Gasteiger partial charge on any atom is -0.384 e. The Morgan fingerprint density at radius 1 is 1.40 bits per heavy atom. The van der Waals surface area contributed by atoms with Crippen molar-refractivity contribution in [3.63, 3.8) is 0 Å². The Kier molecular flexibility index (Phi) is 3.81. The molecule has 0 radical (unpaired) electrons. The van der Waals surface area contributed by atoms with Crippen molar-refractivity contribution < 1.29 is 0 Å². The minimum atomic E-state index is 0.0969. The van der Waals surface area contributed by atoms with Gasteiger partial charge >= 0.3 is 0 Å². The molecule has 0 aliphatic heterocycles. The zero-order valence-corrected chi connectivity index (χ0v) is 13.4. The topological polar surface area (TPSA) is 53.1 Å². The molecule has 0 bridgehead atoms. The molecule has 1 aliphatic rings. The van der Waals surface area contributed by atoms with E-state index in [1.165, 1.54) is 23.4 Å². The molecule has 1 fully saturated rings. The van der Waals surface area contributed by atoms with Crippen LogP contribution in [-0.4, -0.2) is 11.9 Å². The highest BCUT2D eigenvalue weighted by Gasteiger charge is 2.29. The summed E-state index contributed by atoms with van der Waals surface area (Å²) in [6, 6.07) is 11.0. The Labute approximate surface area is 131 Å². The summed E-state index contributed by atoms with van der Waals surface area (Å²) in [6.07, 6.45) is 2.52. The number of nitrogens with zero attached hydrogens (tertiary/aromatic N) is 1. The maximum Gasteiger partial charge on any atom is 0.123 e. The molecule has 104 valence electrons. The van der Waals surface area contributed by atoms with Gasteiger partial charge in [0, 0.05) is 26.6 Å². The number of nitrogen functional groups attached to an aromatic ring is 1. The van der Waals surface area contributed by atoms with Crippen LogP contribution in [0.2, 0.25) is 0 Å². The van der Waals surface area contributed by atoms with Crippen LogP contribution in [0.5, 0.6) is 0 Å². The van der Waals surface area contributed by atoms with E-state index in [-0.39, 0.29) is 5.84 Å². The third-order valence-electron chi connectivity index (χ3n) is 3.47. The summed E-state index contributed by atoms with van der Waals surface area (Å²) in [4.78, 5) is 3.82. The number of nitrogens with two attached hydrogens (primary N) is 1. The van der Waals surface area contributed by atoms with Gasteiger partial charge in [0.1, 0.15) is 5.84 Å². The van der Waals surface area contributed by atoms with Crippen LogP contribution in [0.15, 0.2) is 40.2 Å². The Hall–Kier alpha value is -1.33. The number of halogens is 1. The monoisotopic (exact) mass is 349 g/mol. The first-order valence-electron chi connectivity index (χ1n) is 6.58. The van der Waals surface area contributed by atoms with E-state index >= 15 is 0 Å². The number of thiophene rings is 1. The lowest BCUT2D eigenvalue weighted by Gasteiger charge is -2.24. The standard InChI is InChI=1S/C15H16BrN3S/c16-14-8-11(5-6-13(14)15(17)18)19(10-3-4-10)9-12-2-1-7-20-12/h1-2,5-8,10H,3-4,9H2,(H3,17,18). The second-order valence-corrected chi connectivity index (χ2v) is 6.90. The third-order valence-corrected chi connectivity index (χ3v) is 4.99. The van der Waals surface area contributed by atoms with Crippen molar-refractivity contribution in [2.45, 2.75) is 25.4 Å². The molecule has 1 aromatic carbocycles. The van der Waals surface area contributed by atoms with Crippen LogP contribution in [0.25, 0.3) is 0 Å². The molecule has 3 nitrogen and oxygen atoms in total. The van der Waals surface area contributed by atoms with Gasteiger partial charge in [0.25, 0.3) is 0 Å². The average molecular weight is 350 g/mol. The molecule has 1 aliphatic carbocycles. The molecule has 2 aromatic rings. The molecule has 1 heterocycles. The van der Waals surface area contributed by atoms with Crippen LogP contribution >= 0.6 is 27.3 Å². The molecule has 0 saturated heterocycles. The van der Waals surface area contributed by atoms with Crippen molar-refractivity contribution in [1.29, 1.82) is 5.41 Å². The van der Waals surface area contributed by atoms with Crippen molar-refractivity contribution >= 4 is 38.8 Å². The predicted molar refractivity (Wildman–Crippen MR) is 88.7 cm³/mol. The molecule has 0 unspecified atom stereocenters. The summed E-state index contributed by atoms with van der Waals surface area (Å²) in [7, 11) is 0. The zero-order chi connectivity index (χ0) is 14.1. The highest BCUT2D eigenvalue weighted by molar-refractivity contribution is 9.10. The Balaban J connectivity index is 1.88. The lowest BCUT2D eigenvalue weighted by molar-refractivity contribution is 0.803. The molecule has 20 heavy (non-hydrogen) atoms. The van der Waals surface area contributed by atoms with Crippen LogP contribution in [0.3, 0.4) is 0 Å². The van der Waals surface area contributed by atoms with Gasteiger partial charge in [0.2, 0.25) is 0 Å². The summed E-state index contributed by atoms with van der Waals surface area (Å²) in [6.45, 7) is 0.953. The summed E-state index contributed by atoms with van der Waals surface area (Å²) >= 11 is 5.31. The second-order valence-electron chi connectivity index (χ2n) is 5.02. The first-order chi connectivity index (χ1) is 9.65. The number of nitrogens with one attached hydrogen (secondary N) is 1. The molecular formula is C15H16BrN3S. The van der Waals surface area contributed by atoms with E-state index in [1.54, 1.807) is 11.3 Å². The van der Waals surface area contributed by atoms with E-state index in [4.69, 9.17) is 11.1 Å². The van der Waals surface area contributed by atoms with Crippen LogP contribution in [0, 0.1) is 5.41 Å². The van der Waals surface area contributed by atoms with E-state index < -0.39 is 0 Å². The summed E-state index contributed by atoms with van der Waals surface area (Å²) in [5.74, 6) is 0.0969. The van der Waals surface area contributed by atoms with E-state index in [0.717, 1.165) is 16.6 Å². The summed E-state index contributed by atoms with van der Waals surface area (Å²) in [5, 5.41) is 9.67. The van der Waals surface area contributed by atoms with Crippen molar-refractivity contribution in [2.75, 3.05) is 4.90 Å². The van der Waals surface area contributed by atoms with Crippen LogP contribution in [-0.2, 0) is 6.54 Å². The smallest absolute Gasteiger partial charge is 0.123 e. The molecule has 3 rings (SSSR count). The Bertz CT molecular complexity index is 620. The number of anilines is 1. The van der Waals surface area contributed by atoms with Crippen molar-refractivity contribution in [1.82, 2.24) is 0 Å². The van der Waals surface area contributed by atoms with Gasteiger partial charge in [-0.25, -0.2) is 0 Å². The number of hydrogen-bond acceptors (Lipinski definition) is 3. The van der Waals surface area contributed by atoms with Gasteiger partial charge in [0.15, 0.2) is 0 Å². The predicted octanol–water partition coefficient (Wildman–Crippen LogP) is 3.96. The average Bonchev–Trinajstić information content (AvgIpc) is 3.12. The zero-order valence-electron chi connectivity index (χ0n) is 11.0. The SMILES string of the molecule is N=C(N)c1ccc(N(Cc2cccs2)C2CC2)cc1Br. The fourth-order valence-corrected chi connectivity index (χ4v) is 3.57. The quantitative estimate of drug-likeness (QED) is 0.633. The Morgan fingerprint density at radius 3 is 2.75 bits per heavy atom. The van der Waals surface area contributed by atoms with Gasteiger partial charge in [0.05, 0.1) is 6.54 Å². The minimum absolute atomic E-state index is 0.0969. The maximum atomic E-state index is 7.55. The Morgan fingerprint density at radius 2 is 2.20 bits per heavy atom. The van der Waals surface area contributed by atoms with Crippen molar-refractivity contribution in [3.8, 4) is 0 Å². The van der Waals surface area contributed by atoms with Gasteiger partial charge in [-0.3, -0.25) is 5.41 Å². The van der Waals surface area contributed by atoms with Crippen LogP contribution in [0.4, 0.5) is 5.69 Å². The maximum absolute atomic E-state index is 7.55. The molecular weight excluding hydrogens is 334 g/mol. The van der Waals surface area contributed by atoms with Gasteiger partial charge < -0.3 is 10.6 Å². The van der Waals surface area contributed by atoms with Gasteiger partial charge in [-0.1, -0.05) is 6.07 Å². The van der Waals surface area contributed by atoms with E-state index in [9.17, 15) is 0 Å². The first kappa shape index (κ1) is 13.6. The molecule has 5 heteroatoms. The number of hydrogen-bond donors (Lipinski definition) is 2. The lowest BCUT2D eigenvalue weighted by Crippen LogP contribution is -2.24. The fraction of sp³-hybridized carbons (Fsp3) is 0.267. The normalized spacial score (nSPS) is 14.2. The van der Waals surface area contributed by atoms with Crippen molar-refractivity contribution in [2.24, 2.45) is 5.73 Å². The van der Waals surface area contributed by atoms with E-state index in [0.29, 0.717) is 6.04 Å². The molecule has 1 saturated carbocycles. The number of benzene rings is 1. The molecule has 0 amide bonds. The third kappa shape index (κ3) is 2.88. The van der Waals surface area contributed by atoms with Gasteiger partial charge in [-0.2, -0.15) is 0 Å². The van der Waals surface area contributed by atoms with Crippen molar-refractivity contribution in [3.05, 3.63) is 50.6 Å².